The summed E-state index contributed by atoms with van der Waals surface area (Å²) in [6.07, 6.45) is 0.876. The van der Waals surface area contributed by atoms with E-state index in [9.17, 15) is 5.11 Å². The first-order valence-corrected chi connectivity index (χ1v) is 7.76. The van der Waals surface area contributed by atoms with Gasteiger partial charge in [-0.2, -0.15) is 11.8 Å². The third-order valence-electron chi connectivity index (χ3n) is 3.78. The Morgan fingerprint density at radius 3 is 2.89 bits per heavy atom. The Bertz CT molecular complexity index is 401. The van der Waals surface area contributed by atoms with Crippen LogP contribution in [0, 0.1) is 13.8 Å². The number of rotatable bonds is 4. The predicted molar refractivity (Wildman–Crippen MR) is 79.2 cm³/mol. The lowest BCUT2D eigenvalue weighted by Gasteiger charge is -2.27. The molecule has 1 aromatic carbocycles. The molecule has 0 radical (unpaired) electrons. The van der Waals surface area contributed by atoms with Gasteiger partial charge in [0, 0.05) is 18.3 Å². The lowest BCUT2D eigenvalue weighted by atomic mass is 10.00. The Hall–Kier alpha value is -0.510. The van der Waals surface area contributed by atoms with Gasteiger partial charge in [0.2, 0.25) is 0 Å². The third-order valence-corrected chi connectivity index (χ3v) is 4.93. The van der Waals surface area contributed by atoms with Crippen molar-refractivity contribution in [1.82, 2.24) is 4.90 Å². The highest BCUT2D eigenvalue weighted by molar-refractivity contribution is 7.99. The zero-order chi connectivity index (χ0) is 13.1. The van der Waals surface area contributed by atoms with E-state index in [0.29, 0.717) is 6.04 Å². The number of hydrogen-bond donors (Lipinski definition) is 1. The largest absolute Gasteiger partial charge is 0.387 e. The molecule has 18 heavy (non-hydrogen) atoms. The number of aryl methyl sites for hydroxylation is 2. The maximum Gasteiger partial charge on any atom is 0.0919 e. The maximum absolute atomic E-state index is 10.4. The summed E-state index contributed by atoms with van der Waals surface area (Å²) in [6.45, 7) is 4.88. The average molecular weight is 265 g/mol. The van der Waals surface area contributed by atoms with Crippen LogP contribution in [0.2, 0.25) is 0 Å². The molecule has 1 heterocycles. The molecule has 2 atom stereocenters. The van der Waals surface area contributed by atoms with Crippen LogP contribution in [0.1, 0.15) is 29.2 Å². The van der Waals surface area contributed by atoms with Gasteiger partial charge in [0.05, 0.1) is 6.10 Å². The first kappa shape index (κ1) is 13.9. The molecule has 100 valence electrons. The van der Waals surface area contributed by atoms with Crippen molar-refractivity contribution in [3.8, 4) is 0 Å². The molecule has 0 saturated carbocycles. The fraction of sp³-hybridized carbons (Fsp3) is 0.600. The summed E-state index contributed by atoms with van der Waals surface area (Å²) >= 11 is 2.02. The standard InChI is InChI=1S/C15H23NOS/c1-11-4-5-12(2)14(8-11)15(17)9-16(3)13-6-7-18-10-13/h4-5,8,13,15,17H,6-7,9-10H2,1-3H3/t13-,15-/m0/s1. The molecule has 1 fully saturated rings. The molecule has 0 bridgehead atoms. The fourth-order valence-electron chi connectivity index (χ4n) is 2.51. The second kappa shape index (κ2) is 6.09. The van der Waals surface area contributed by atoms with Gasteiger partial charge in [-0.1, -0.05) is 23.8 Å². The molecule has 1 aliphatic heterocycles. The van der Waals surface area contributed by atoms with Gasteiger partial charge in [-0.05, 0) is 44.2 Å². The van der Waals surface area contributed by atoms with Crippen molar-refractivity contribution < 1.29 is 5.11 Å². The van der Waals surface area contributed by atoms with Gasteiger partial charge in [0.1, 0.15) is 0 Å². The number of thioether (sulfide) groups is 1. The average Bonchev–Trinajstić information content (AvgIpc) is 2.85. The number of aliphatic hydroxyl groups excluding tert-OH is 1. The van der Waals surface area contributed by atoms with Crippen LogP contribution in [-0.4, -0.2) is 41.1 Å². The van der Waals surface area contributed by atoms with Gasteiger partial charge in [-0.15, -0.1) is 0 Å². The third kappa shape index (κ3) is 3.28. The summed E-state index contributed by atoms with van der Waals surface area (Å²) in [5, 5.41) is 10.4. The summed E-state index contributed by atoms with van der Waals surface area (Å²) < 4.78 is 0. The monoisotopic (exact) mass is 265 g/mol. The van der Waals surface area contributed by atoms with Crippen LogP contribution in [0.25, 0.3) is 0 Å². The van der Waals surface area contributed by atoms with Crippen LogP contribution in [0.4, 0.5) is 0 Å². The normalized spacial score (nSPS) is 21.5. The van der Waals surface area contributed by atoms with Crippen LogP contribution in [-0.2, 0) is 0 Å². The molecule has 0 aliphatic carbocycles. The van der Waals surface area contributed by atoms with Gasteiger partial charge >= 0.3 is 0 Å². The fourth-order valence-corrected chi connectivity index (χ4v) is 3.81. The van der Waals surface area contributed by atoms with Gasteiger partial charge < -0.3 is 5.11 Å². The second-order valence-corrected chi connectivity index (χ2v) is 6.48. The number of likely N-dealkylation sites (N-methyl/N-ethyl adjacent to an activating group) is 1. The van der Waals surface area contributed by atoms with Crippen LogP contribution < -0.4 is 0 Å². The van der Waals surface area contributed by atoms with E-state index >= 15 is 0 Å². The predicted octanol–water partition coefficient (Wildman–Crippen LogP) is 2.77. The Kier molecular flexibility index (Phi) is 4.71. The number of hydrogen-bond acceptors (Lipinski definition) is 3. The Morgan fingerprint density at radius 2 is 2.22 bits per heavy atom. The molecule has 0 aromatic heterocycles. The Balaban J connectivity index is 2.02. The summed E-state index contributed by atoms with van der Waals surface area (Å²) in [5.74, 6) is 2.46. The van der Waals surface area contributed by atoms with Gasteiger partial charge in [-0.25, -0.2) is 0 Å². The highest BCUT2D eigenvalue weighted by Crippen LogP contribution is 2.25. The minimum Gasteiger partial charge on any atom is -0.387 e. The molecule has 0 unspecified atom stereocenters. The van der Waals surface area contributed by atoms with Crippen LogP contribution >= 0.6 is 11.8 Å². The van der Waals surface area contributed by atoms with Gasteiger partial charge in [0.15, 0.2) is 0 Å². The van der Waals surface area contributed by atoms with Gasteiger partial charge in [-0.3, -0.25) is 4.90 Å². The second-order valence-electron chi connectivity index (χ2n) is 5.33. The maximum atomic E-state index is 10.4. The van der Waals surface area contributed by atoms with E-state index < -0.39 is 0 Å². The number of aliphatic hydroxyl groups is 1. The SMILES string of the molecule is Cc1ccc(C)c([C@@H](O)CN(C)[C@H]2CCSC2)c1. The quantitative estimate of drug-likeness (QED) is 0.905. The Morgan fingerprint density at radius 1 is 1.44 bits per heavy atom. The highest BCUT2D eigenvalue weighted by Gasteiger charge is 2.22. The van der Waals surface area contributed by atoms with E-state index in [1.807, 2.05) is 11.8 Å². The molecule has 2 rings (SSSR count). The zero-order valence-electron chi connectivity index (χ0n) is 11.5. The van der Waals surface area contributed by atoms with E-state index in [1.54, 1.807) is 0 Å². The van der Waals surface area contributed by atoms with E-state index in [-0.39, 0.29) is 6.10 Å². The van der Waals surface area contributed by atoms with E-state index in [2.05, 4.69) is 44.0 Å². The van der Waals surface area contributed by atoms with Crippen LogP contribution in [0.15, 0.2) is 18.2 Å². The van der Waals surface area contributed by atoms with Crippen molar-refractivity contribution in [2.75, 3.05) is 25.1 Å². The summed E-state index contributed by atoms with van der Waals surface area (Å²) in [5.41, 5.74) is 3.48. The van der Waals surface area contributed by atoms with E-state index in [4.69, 9.17) is 0 Å². The summed E-state index contributed by atoms with van der Waals surface area (Å²) in [6, 6.07) is 6.94. The molecule has 1 aromatic rings. The molecule has 3 heteroatoms. The molecule has 1 saturated heterocycles. The molecule has 1 N–H and O–H groups in total. The lowest BCUT2D eigenvalue weighted by molar-refractivity contribution is 0.109. The molecule has 0 spiro atoms. The lowest BCUT2D eigenvalue weighted by Crippen LogP contribution is -2.35. The molecule has 0 amide bonds. The van der Waals surface area contributed by atoms with Crippen molar-refractivity contribution in [2.45, 2.75) is 32.4 Å². The topological polar surface area (TPSA) is 23.5 Å². The smallest absolute Gasteiger partial charge is 0.0919 e. The Labute approximate surface area is 114 Å². The molecular weight excluding hydrogens is 242 g/mol. The molecule has 1 aliphatic rings. The van der Waals surface area contributed by atoms with E-state index in [0.717, 1.165) is 12.1 Å². The summed E-state index contributed by atoms with van der Waals surface area (Å²) in [7, 11) is 2.13. The van der Waals surface area contributed by atoms with Crippen molar-refractivity contribution >= 4 is 11.8 Å². The molecule has 2 nitrogen and oxygen atoms in total. The number of nitrogens with zero attached hydrogens (tertiary/aromatic N) is 1. The van der Waals surface area contributed by atoms with Crippen molar-refractivity contribution in [3.05, 3.63) is 34.9 Å². The summed E-state index contributed by atoms with van der Waals surface area (Å²) in [4.78, 5) is 2.31. The highest BCUT2D eigenvalue weighted by atomic mass is 32.2. The minimum absolute atomic E-state index is 0.375. The van der Waals surface area contributed by atoms with Crippen LogP contribution in [0.5, 0.6) is 0 Å². The zero-order valence-corrected chi connectivity index (χ0v) is 12.3. The van der Waals surface area contributed by atoms with Crippen molar-refractivity contribution in [1.29, 1.82) is 0 Å². The van der Waals surface area contributed by atoms with Crippen LogP contribution in [0.3, 0.4) is 0 Å². The van der Waals surface area contributed by atoms with Crippen molar-refractivity contribution in [3.63, 3.8) is 0 Å². The molecular formula is C15H23NOS. The van der Waals surface area contributed by atoms with Gasteiger partial charge in [0.25, 0.3) is 0 Å². The van der Waals surface area contributed by atoms with E-state index in [1.165, 1.54) is 29.1 Å². The first-order chi connectivity index (χ1) is 8.58. The number of benzene rings is 1. The van der Waals surface area contributed by atoms with Crippen molar-refractivity contribution in [2.24, 2.45) is 0 Å². The minimum atomic E-state index is -0.375. The first-order valence-electron chi connectivity index (χ1n) is 6.61.